The molecule has 0 bridgehead atoms. The molecule has 0 aromatic heterocycles. The molecule has 1 heterocycles. The zero-order valence-electron chi connectivity index (χ0n) is 8.77. The molecule has 0 aromatic carbocycles. The van der Waals surface area contributed by atoms with E-state index in [0.29, 0.717) is 5.57 Å². The van der Waals surface area contributed by atoms with Crippen LogP contribution < -0.4 is 0 Å². The van der Waals surface area contributed by atoms with Gasteiger partial charge in [0.25, 0.3) is 11.8 Å². The van der Waals surface area contributed by atoms with Crippen molar-refractivity contribution < 1.29 is 14.7 Å². The number of aliphatic hydroxyl groups is 1. The van der Waals surface area contributed by atoms with E-state index in [1.165, 1.54) is 11.0 Å². The van der Waals surface area contributed by atoms with Crippen LogP contribution in [0.15, 0.2) is 11.6 Å². The van der Waals surface area contributed by atoms with Crippen molar-refractivity contribution in [2.24, 2.45) is 5.92 Å². The lowest BCUT2D eigenvalue weighted by Gasteiger charge is -2.26. The Bertz CT molecular complexity index is 335. The van der Waals surface area contributed by atoms with Crippen LogP contribution >= 0.6 is 0 Å². The molecule has 2 atom stereocenters. The second-order valence-electron chi connectivity index (χ2n) is 4.28. The van der Waals surface area contributed by atoms with Crippen molar-refractivity contribution in [2.45, 2.75) is 32.2 Å². The van der Waals surface area contributed by atoms with Crippen molar-refractivity contribution in [3.8, 4) is 0 Å². The second kappa shape index (κ2) is 3.77. The molecular formula is C11H15NO3. The summed E-state index contributed by atoms with van der Waals surface area (Å²) in [5, 5.41) is 9.17. The van der Waals surface area contributed by atoms with E-state index in [1.807, 2.05) is 0 Å². The Balaban J connectivity index is 2.18. The Morgan fingerprint density at radius 1 is 1.47 bits per heavy atom. The lowest BCUT2D eigenvalue weighted by molar-refractivity contribution is -0.141. The topological polar surface area (TPSA) is 57.6 Å². The fourth-order valence-electron chi connectivity index (χ4n) is 2.49. The van der Waals surface area contributed by atoms with Gasteiger partial charge in [-0.05, 0) is 19.8 Å². The molecule has 82 valence electrons. The zero-order chi connectivity index (χ0) is 11.0. The molecule has 1 N–H and O–H groups in total. The van der Waals surface area contributed by atoms with Gasteiger partial charge in [-0.3, -0.25) is 14.5 Å². The number of rotatable bonds is 2. The van der Waals surface area contributed by atoms with E-state index in [1.54, 1.807) is 6.92 Å². The van der Waals surface area contributed by atoms with E-state index in [4.69, 9.17) is 5.11 Å². The van der Waals surface area contributed by atoms with Crippen LogP contribution in [-0.2, 0) is 9.59 Å². The molecule has 0 spiro atoms. The average Bonchev–Trinajstić information content (AvgIpc) is 2.73. The van der Waals surface area contributed by atoms with E-state index in [2.05, 4.69) is 0 Å². The SMILES string of the molecule is CC1=CC(=O)N(C2CCCC2CO)C1=O. The van der Waals surface area contributed by atoms with Crippen molar-refractivity contribution in [3.63, 3.8) is 0 Å². The van der Waals surface area contributed by atoms with E-state index < -0.39 is 0 Å². The number of carbonyl (C=O) groups excluding carboxylic acids is 2. The second-order valence-corrected chi connectivity index (χ2v) is 4.28. The summed E-state index contributed by atoms with van der Waals surface area (Å²) in [5.41, 5.74) is 0.503. The third kappa shape index (κ3) is 1.59. The molecule has 0 saturated heterocycles. The molecule has 0 radical (unpaired) electrons. The number of hydrogen-bond acceptors (Lipinski definition) is 3. The van der Waals surface area contributed by atoms with Gasteiger partial charge in [-0.25, -0.2) is 0 Å². The van der Waals surface area contributed by atoms with Crippen LogP contribution in [0.5, 0.6) is 0 Å². The molecule has 1 aliphatic carbocycles. The largest absolute Gasteiger partial charge is 0.396 e. The lowest BCUT2D eigenvalue weighted by atomic mass is 10.0. The highest BCUT2D eigenvalue weighted by Crippen LogP contribution is 2.32. The number of amides is 2. The van der Waals surface area contributed by atoms with E-state index in [0.717, 1.165) is 19.3 Å². The van der Waals surface area contributed by atoms with E-state index in [9.17, 15) is 9.59 Å². The molecular weight excluding hydrogens is 194 g/mol. The summed E-state index contributed by atoms with van der Waals surface area (Å²) in [4.78, 5) is 24.6. The van der Waals surface area contributed by atoms with Gasteiger partial charge in [0.1, 0.15) is 0 Å². The van der Waals surface area contributed by atoms with Crippen molar-refractivity contribution in [1.29, 1.82) is 0 Å². The van der Waals surface area contributed by atoms with Crippen LogP contribution in [0.4, 0.5) is 0 Å². The van der Waals surface area contributed by atoms with E-state index >= 15 is 0 Å². The van der Waals surface area contributed by atoms with Gasteiger partial charge >= 0.3 is 0 Å². The predicted octanol–water partition coefficient (Wildman–Crippen LogP) is 0.462. The van der Waals surface area contributed by atoms with Gasteiger partial charge in [-0.1, -0.05) is 6.42 Å². The number of nitrogens with zero attached hydrogens (tertiary/aromatic N) is 1. The Morgan fingerprint density at radius 2 is 2.20 bits per heavy atom. The van der Waals surface area contributed by atoms with Gasteiger partial charge in [0.15, 0.2) is 0 Å². The molecule has 1 fully saturated rings. The number of aliphatic hydroxyl groups excluding tert-OH is 1. The molecule has 15 heavy (non-hydrogen) atoms. The molecule has 1 aliphatic heterocycles. The standard InChI is InChI=1S/C11H15NO3/c1-7-5-10(14)12(11(7)15)9-4-2-3-8(9)6-13/h5,8-9,13H,2-4,6H2,1H3. The van der Waals surface area contributed by atoms with E-state index in [-0.39, 0.29) is 30.4 Å². The molecule has 2 unspecified atom stereocenters. The van der Waals surface area contributed by atoms with Crippen LogP contribution in [0.1, 0.15) is 26.2 Å². The first-order valence-electron chi connectivity index (χ1n) is 5.32. The van der Waals surface area contributed by atoms with Crippen molar-refractivity contribution in [1.82, 2.24) is 4.90 Å². The molecule has 2 aliphatic rings. The highest BCUT2D eigenvalue weighted by atomic mass is 16.3. The molecule has 2 rings (SSSR count). The summed E-state index contributed by atoms with van der Waals surface area (Å²) < 4.78 is 0. The third-order valence-corrected chi connectivity index (χ3v) is 3.32. The van der Waals surface area contributed by atoms with Gasteiger partial charge in [0.05, 0.1) is 0 Å². The number of imide groups is 1. The van der Waals surface area contributed by atoms with Gasteiger partial charge < -0.3 is 5.11 Å². The fourth-order valence-corrected chi connectivity index (χ4v) is 2.49. The van der Waals surface area contributed by atoms with Gasteiger partial charge in [0.2, 0.25) is 0 Å². The minimum atomic E-state index is -0.220. The lowest BCUT2D eigenvalue weighted by Crippen LogP contribution is -2.43. The van der Waals surface area contributed by atoms with Gasteiger partial charge in [-0.2, -0.15) is 0 Å². The Labute approximate surface area is 88.6 Å². The number of hydrogen-bond donors (Lipinski definition) is 1. The molecule has 4 nitrogen and oxygen atoms in total. The minimum Gasteiger partial charge on any atom is -0.396 e. The summed E-state index contributed by atoms with van der Waals surface area (Å²) in [6, 6.07) is -0.0938. The Hall–Kier alpha value is -1.16. The van der Waals surface area contributed by atoms with Crippen molar-refractivity contribution >= 4 is 11.8 Å². The molecule has 4 heteroatoms. The Morgan fingerprint density at radius 3 is 2.73 bits per heavy atom. The van der Waals surface area contributed by atoms with Gasteiger partial charge in [-0.15, -0.1) is 0 Å². The van der Waals surface area contributed by atoms with Crippen molar-refractivity contribution in [2.75, 3.05) is 6.61 Å². The molecule has 1 saturated carbocycles. The van der Waals surface area contributed by atoms with Crippen molar-refractivity contribution in [3.05, 3.63) is 11.6 Å². The first-order chi connectivity index (χ1) is 7.15. The van der Waals surface area contributed by atoms with Crippen LogP contribution in [0.2, 0.25) is 0 Å². The monoisotopic (exact) mass is 209 g/mol. The average molecular weight is 209 g/mol. The Kier molecular flexibility index (Phi) is 2.61. The summed E-state index contributed by atoms with van der Waals surface area (Å²) in [6.07, 6.45) is 4.09. The maximum Gasteiger partial charge on any atom is 0.256 e. The molecule has 2 amide bonds. The quantitative estimate of drug-likeness (QED) is 0.672. The highest BCUT2D eigenvalue weighted by molar-refractivity contribution is 6.16. The number of carbonyl (C=O) groups is 2. The summed E-state index contributed by atoms with van der Waals surface area (Å²) >= 11 is 0. The normalized spacial score (nSPS) is 31.3. The predicted molar refractivity (Wildman–Crippen MR) is 53.8 cm³/mol. The van der Waals surface area contributed by atoms with Crippen LogP contribution in [0.3, 0.4) is 0 Å². The third-order valence-electron chi connectivity index (χ3n) is 3.32. The van der Waals surface area contributed by atoms with Gasteiger partial charge in [0, 0.05) is 30.2 Å². The highest BCUT2D eigenvalue weighted by Gasteiger charge is 2.40. The summed E-state index contributed by atoms with van der Waals surface area (Å²) in [5.74, 6) is -0.342. The maximum absolute atomic E-state index is 11.7. The zero-order valence-corrected chi connectivity index (χ0v) is 8.77. The van der Waals surface area contributed by atoms with Crippen LogP contribution in [-0.4, -0.2) is 34.5 Å². The first kappa shape index (κ1) is 10.4. The molecule has 0 aromatic rings. The minimum absolute atomic E-state index is 0.0563. The van der Waals surface area contributed by atoms with Crippen LogP contribution in [0, 0.1) is 5.92 Å². The summed E-state index contributed by atoms with van der Waals surface area (Å²) in [6.45, 7) is 1.71. The van der Waals surface area contributed by atoms with Crippen LogP contribution in [0.25, 0.3) is 0 Å². The first-order valence-corrected chi connectivity index (χ1v) is 5.32. The fraction of sp³-hybridized carbons (Fsp3) is 0.636. The smallest absolute Gasteiger partial charge is 0.256 e. The summed E-state index contributed by atoms with van der Waals surface area (Å²) in [7, 11) is 0. The maximum atomic E-state index is 11.7.